The summed E-state index contributed by atoms with van der Waals surface area (Å²) in [4.78, 5) is 11.5. The van der Waals surface area contributed by atoms with Crippen LogP contribution in [0.25, 0.3) is 0 Å². The number of carbonyl (C=O) groups excluding carboxylic acids is 1. The van der Waals surface area contributed by atoms with Crippen LogP contribution in [0.5, 0.6) is 0 Å². The van der Waals surface area contributed by atoms with E-state index in [0.717, 1.165) is 17.2 Å². The molecule has 1 aromatic carbocycles. The second-order valence-corrected chi connectivity index (χ2v) is 6.47. The van der Waals surface area contributed by atoms with Gasteiger partial charge in [0.2, 0.25) is 0 Å². The van der Waals surface area contributed by atoms with Crippen LogP contribution >= 0.6 is 0 Å². The van der Waals surface area contributed by atoms with E-state index in [-0.39, 0.29) is 17.3 Å². The third-order valence-corrected chi connectivity index (χ3v) is 4.09. The lowest BCUT2D eigenvalue weighted by Crippen LogP contribution is -2.13. The molecule has 0 saturated carbocycles. The molecule has 2 aromatic rings. The molecule has 2 N–H and O–H groups in total. The first-order valence-electron chi connectivity index (χ1n) is 6.65. The number of benzene rings is 1. The standard InChI is InChI=1S/C14H17N3O4S/c1-4-21-14(18)12-8-13(16-15-12)22(19,20)17-11-6-9(2)5-10(3)7-11/h5-8,17H,4H2,1-3H3,(H,15,16). The minimum atomic E-state index is -3.85. The summed E-state index contributed by atoms with van der Waals surface area (Å²) >= 11 is 0. The molecular weight excluding hydrogens is 306 g/mol. The van der Waals surface area contributed by atoms with Gasteiger partial charge < -0.3 is 4.74 Å². The summed E-state index contributed by atoms with van der Waals surface area (Å²) < 4.78 is 31.8. The quantitative estimate of drug-likeness (QED) is 0.820. The molecule has 0 fully saturated rings. The first-order valence-corrected chi connectivity index (χ1v) is 8.14. The average Bonchev–Trinajstić information content (AvgIpc) is 2.87. The Labute approximate surface area is 128 Å². The molecule has 0 saturated heterocycles. The molecule has 2 rings (SSSR count). The topological polar surface area (TPSA) is 101 Å². The lowest BCUT2D eigenvalue weighted by molar-refractivity contribution is 0.0519. The van der Waals surface area contributed by atoms with Crippen molar-refractivity contribution in [1.29, 1.82) is 0 Å². The van der Waals surface area contributed by atoms with Crippen molar-refractivity contribution >= 4 is 21.7 Å². The van der Waals surface area contributed by atoms with Crippen LogP contribution in [0.1, 0.15) is 28.5 Å². The number of ether oxygens (including phenoxy) is 1. The molecule has 1 aromatic heterocycles. The van der Waals surface area contributed by atoms with Gasteiger partial charge in [-0.3, -0.25) is 9.82 Å². The number of anilines is 1. The molecule has 0 atom stereocenters. The van der Waals surface area contributed by atoms with E-state index >= 15 is 0 Å². The van der Waals surface area contributed by atoms with Crippen LogP contribution in [0.15, 0.2) is 29.3 Å². The minimum absolute atomic E-state index is 0.0809. The molecule has 0 spiro atoms. The van der Waals surface area contributed by atoms with Gasteiger partial charge in [-0.2, -0.15) is 13.5 Å². The van der Waals surface area contributed by atoms with Gasteiger partial charge >= 0.3 is 5.97 Å². The monoisotopic (exact) mass is 323 g/mol. The molecule has 22 heavy (non-hydrogen) atoms. The second-order valence-electron chi connectivity index (χ2n) is 4.82. The van der Waals surface area contributed by atoms with Crippen molar-refractivity contribution in [2.45, 2.75) is 25.8 Å². The zero-order valence-electron chi connectivity index (χ0n) is 12.5. The van der Waals surface area contributed by atoms with Gasteiger partial charge in [-0.15, -0.1) is 0 Å². The Morgan fingerprint density at radius 1 is 1.23 bits per heavy atom. The van der Waals surface area contributed by atoms with Gasteiger partial charge in [0.05, 0.1) is 6.61 Å². The fraction of sp³-hybridized carbons (Fsp3) is 0.286. The maximum Gasteiger partial charge on any atom is 0.358 e. The highest BCUT2D eigenvalue weighted by Gasteiger charge is 2.20. The smallest absolute Gasteiger partial charge is 0.358 e. The van der Waals surface area contributed by atoms with Crippen LogP contribution in [0, 0.1) is 13.8 Å². The van der Waals surface area contributed by atoms with Crippen molar-refractivity contribution in [3.8, 4) is 0 Å². The average molecular weight is 323 g/mol. The summed E-state index contributed by atoms with van der Waals surface area (Å²) in [6.45, 7) is 5.60. The molecule has 1 heterocycles. The molecule has 0 unspecified atom stereocenters. The Bertz CT molecular complexity index is 776. The van der Waals surface area contributed by atoms with E-state index in [9.17, 15) is 13.2 Å². The number of nitrogens with zero attached hydrogens (tertiary/aromatic N) is 1. The molecule has 0 amide bonds. The number of sulfonamides is 1. The van der Waals surface area contributed by atoms with E-state index in [4.69, 9.17) is 4.74 Å². The third-order valence-electron chi connectivity index (χ3n) is 2.80. The molecule has 118 valence electrons. The molecule has 0 bridgehead atoms. The fourth-order valence-electron chi connectivity index (χ4n) is 2.00. The molecule has 8 heteroatoms. The van der Waals surface area contributed by atoms with Crippen molar-refractivity contribution < 1.29 is 17.9 Å². The summed E-state index contributed by atoms with van der Waals surface area (Å²) in [5, 5.41) is 5.79. The van der Waals surface area contributed by atoms with Gasteiger partial charge in [-0.1, -0.05) is 6.07 Å². The van der Waals surface area contributed by atoms with Gasteiger partial charge in [0.25, 0.3) is 10.0 Å². The van der Waals surface area contributed by atoms with Crippen LogP contribution in [0.3, 0.4) is 0 Å². The van der Waals surface area contributed by atoms with Crippen molar-refractivity contribution in [2.24, 2.45) is 0 Å². The maximum atomic E-state index is 12.3. The number of nitrogens with one attached hydrogen (secondary N) is 2. The number of rotatable bonds is 5. The first kappa shape index (κ1) is 16.0. The van der Waals surface area contributed by atoms with Gasteiger partial charge in [0, 0.05) is 11.8 Å². The van der Waals surface area contributed by atoms with E-state index in [1.54, 1.807) is 19.1 Å². The normalized spacial score (nSPS) is 11.2. The Kier molecular flexibility index (Phi) is 4.51. The van der Waals surface area contributed by atoms with E-state index < -0.39 is 16.0 Å². The Morgan fingerprint density at radius 2 is 1.86 bits per heavy atom. The van der Waals surface area contributed by atoms with Crippen LogP contribution in [0.2, 0.25) is 0 Å². The van der Waals surface area contributed by atoms with Crippen LogP contribution in [0.4, 0.5) is 5.69 Å². The van der Waals surface area contributed by atoms with Gasteiger partial charge in [-0.05, 0) is 44.0 Å². The number of aryl methyl sites for hydroxylation is 2. The summed E-state index contributed by atoms with van der Waals surface area (Å²) in [7, 11) is -3.85. The molecule has 0 aliphatic heterocycles. The summed E-state index contributed by atoms with van der Waals surface area (Å²) in [6.07, 6.45) is 0. The molecule has 0 aliphatic carbocycles. The zero-order valence-corrected chi connectivity index (χ0v) is 13.3. The van der Waals surface area contributed by atoms with Crippen LogP contribution in [-0.4, -0.2) is 31.2 Å². The highest BCUT2D eigenvalue weighted by molar-refractivity contribution is 7.92. The van der Waals surface area contributed by atoms with E-state index in [1.807, 2.05) is 19.9 Å². The lowest BCUT2D eigenvalue weighted by Gasteiger charge is -2.08. The van der Waals surface area contributed by atoms with E-state index in [2.05, 4.69) is 14.9 Å². The number of H-pyrrole nitrogens is 1. The van der Waals surface area contributed by atoms with Crippen molar-refractivity contribution in [2.75, 3.05) is 11.3 Å². The van der Waals surface area contributed by atoms with Crippen LogP contribution < -0.4 is 4.72 Å². The molecule has 7 nitrogen and oxygen atoms in total. The highest BCUT2D eigenvalue weighted by atomic mass is 32.2. The Hall–Kier alpha value is -2.35. The van der Waals surface area contributed by atoms with Gasteiger partial charge in [0.15, 0.2) is 10.7 Å². The number of carbonyl (C=O) groups is 1. The lowest BCUT2D eigenvalue weighted by atomic mass is 10.1. The second kappa shape index (κ2) is 6.18. The fourth-order valence-corrected chi connectivity index (χ4v) is 2.97. The van der Waals surface area contributed by atoms with E-state index in [1.165, 1.54) is 0 Å². The largest absolute Gasteiger partial charge is 0.461 e. The number of hydrogen-bond acceptors (Lipinski definition) is 5. The first-order chi connectivity index (χ1) is 10.3. The maximum absolute atomic E-state index is 12.3. The highest BCUT2D eigenvalue weighted by Crippen LogP contribution is 2.18. The van der Waals surface area contributed by atoms with E-state index in [0.29, 0.717) is 5.69 Å². The van der Waals surface area contributed by atoms with Gasteiger partial charge in [-0.25, -0.2) is 4.79 Å². The minimum Gasteiger partial charge on any atom is -0.461 e. The number of esters is 1. The number of aromatic amines is 1. The number of hydrogen-bond donors (Lipinski definition) is 2. The summed E-state index contributed by atoms with van der Waals surface area (Å²) in [5.41, 5.74) is 2.25. The molecule has 0 radical (unpaired) electrons. The zero-order chi connectivity index (χ0) is 16.3. The summed E-state index contributed by atoms with van der Waals surface area (Å²) in [5.74, 6) is -0.674. The Balaban J connectivity index is 2.25. The van der Waals surface area contributed by atoms with Crippen molar-refractivity contribution in [3.63, 3.8) is 0 Å². The van der Waals surface area contributed by atoms with Crippen LogP contribution in [-0.2, 0) is 14.8 Å². The predicted molar refractivity (Wildman–Crippen MR) is 81.3 cm³/mol. The molecule has 0 aliphatic rings. The van der Waals surface area contributed by atoms with Crippen molar-refractivity contribution in [1.82, 2.24) is 10.2 Å². The third kappa shape index (κ3) is 3.64. The predicted octanol–water partition coefficient (Wildman–Crippen LogP) is 2.00. The molecular formula is C14H17N3O4S. The number of aromatic nitrogens is 2. The Morgan fingerprint density at radius 3 is 2.45 bits per heavy atom. The van der Waals surface area contributed by atoms with Crippen molar-refractivity contribution in [3.05, 3.63) is 41.1 Å². The van der Waals surface area contributed by atoms with Gasteiger partial charge in [0.1, 0.15) is 0 Å². The summed E-state index contributed by atoms with van der Waals surface area (Å²) in [6, 6.07) is 6.51. The SMILES string of the molecule is CCOC(=O)c1cc(S(=O)(=O)Nc2cc(C)cc(C)c2)[nH]n1.